The molecule has 0 bridgehead atoms. The molecule has 0 radical (unpaired) electrons. The van der Waals surface area contributed by atoms with Gasteiger partial charge >= 0.3 is 6.18 Å². The number of benzene rings is 1. The monoisotopic (exact) mass is 253 g/mol. The average molecular weight is 254 g/mol. The van der Waals surface area contributed by atoms with E-state index < -0.39 is 18.3 Å². The van der Waals surface area contributed by atoms with Gasteiger partial charge in [0.1, 0.15) is 0 Å². The van der Waals surface area contributed by atoms with E-state index in [9.17, 15) is 13.2 Å². The maximum absolute atomic E-state index is 12.1. The Balaban J connectivity index is 2.64. The van der Waals surface area contributed by atoms with Crippen LogP contribution in [0.3, 0.4) is 0 Å². The standard InChI is InChI=1S/C10H11ClF3NO/c11-7-3-1-6(2-4-7)5-8(15)9(16)10(12,13)14/h1-4,8-9,16H,5,15H2/t8-,9-/m0/s1. The van der Waals surface area contributed by atoms with Crippen molar-refractivity contribution in [2.75, 3.05) is 0 Å². The van der Waals surface area contributed by atoms with Crippen molar-refractivity contribution in [1.82, 2.24) is 0 Å². The van der Waals surface area contributed by atoms with Crippen molar-refractivity contribution in [2.24, 2.45) is 5.73 Å². The molecule has 6 heteroatoms. The van der Waals surface area contributed by atoms with Crippen molar-refractivity contribution in [2.45, 2.75) is 24.7 Å². The second-order valence-electron chi connectivity index (χ2n) is 3.48. The largest absolute Gasteiger partial charge is 0.415 e. The SMILES string of the molecule is N[C@@H](Cc1ccc(Cl)cc1)[C@H](O)C(F)(F)F. The summed E-state index contributed by atoms with van der Waals surface area (Å²) in [6.45, 7) is 0. The van der Waals surface area contributed by atoms with Crippen LogP contribution in [0.15, 0.2) is 24.3 Å². The van der Waals surface area contributed by atoms with Gasteiger partial charge in [-0.1, -0.05) is 23.7 Å². The van der Waals surface area contributed by atoms with Gasteiger partial charge < -0.3 is 10.8 Å². The van der Waals surface area contributed by atoms with Crippen LogP contribution in [-0.2, 0) is 6.42 Å². The van der Waals surface area contributed by atoms with E-state index in [4.69, 9.17) is 22.4 Å². The van der Waals surface area contributed by atoms with Gasteiger partial charge in [-0.15, -0.1) is 0 Å². The highest BCUT2D eigenvalue weighted by atomic mass is 35.5. The molecule has 3 N–H and O–H groups in total. The molecule has 2 atom stereocenters. The molecule has 0 saturated carbocycles. The summed E-state index contributed by atoms with van der Waals surface area (Å²) in [5.74, 6) is 0. The lowest BCUT2D eigenvalue weighted by Crippen LogP contribution is -2.46. The number of aliphatic hydroxyl groups excluding tert-OH is 1. The fraction of sp³-hybridized carbons (Fsp3) is 0.400. The number of hydrogen-bond acceptors (Lipinski definition) is 2. The van der Waals surface area contributed by atoms with Crippen LogP contribution >= 0.6 is 11.6 Å². The number of alkyl halides is 3. The molecule has 2 nitrogen and oxygen atoms in total. The third kappa shape index (κ3) is 3.66. The van der Waals surface area contributed by atoms with E-state index in [1.54, 1.807) is 24.3 Å². The van der Waals surface area contributed by atoms with Crippen LogP contribution in [0.1, 0.15) is 5.56 Å². The van der Waals surface area contributed by atoms with E-state index in [-0.39, 0.29) is 6.42 Å². The van der Waals surface area contributed by atoms with Gasteiger partial charge in [0.05, 0.1) is 0 Å². The summed E-state index contributed by atoms with van der Waals surface area (Å²) in [6.07, 6.45) is -7.26. The Hall–Kier alpha value is -0.780. The fourth-order valence-electron chi connectivity index (χ4n) is 1.25. The summed E-state index contributed by atoms with van der Waals surface area (Å²) in [6, 6.07) is 4.89. The molecular formula is C10H11ClF3NO. The summed E-state index contributed by atoms with van der Waals surface area (Å²) in [5, 5.41) is 9.39. The van der Waals surface area contributed by atoms with E-state index in [0.29, 0.717) is 10.6 Å². The minimum absolute atomic E-state index is 0.0577. The Morgan fingerprint density at radius 3 is 2.19 bits per heavy atom. The van der Waals surface area contributed by atoms with E-state index in [1.165, 1.54) is 0 Å². The van der Waals surface area contributed by atoms with E-state index in [1.807, 2.05) is 0 Å². The van der Waals surface area contributed by atoms with E-state index in [2.05, 4.69) is 0 Å². The maximum atomic E-state index is 12.1. The van der Waals surface area contributed by atoms with Gasteiger partial charge in [-0.3, -0.25) is 0 Å². The third-order valence-electron chi connectivity index (χ3n) is 2.13. The van der Waals surface area contributed by atoms with Gasteiger partial charge in [-0.25, -0.2) is 0 Å². The number of nitrogens with two attached hydrogens (primary N) is 1. The summed E-state index contributed by atoms with van der Waals surface area (Å²) in [5.41, 5.74) is 5.87. The van der Waals surface area contributed by atoms with Gasteiger partial charge in [0.2, 0.25) is 0 Å². The zero-order valence-corrected chi connectivity index (χ0v) is 8.96. The predicted octanol–water partition coefficient (Wildman–Crippen LogP) is 2.13. The third-order valence-corrected chi connectivity index (χ3v) is 2.38. The Labute approximate surface area is 95.8 Å². The first kappa shape index (κ1) is 13.3. The summed E-state index contributed by atoms with van der Waals surface area (Å²) in [7, 11) is 0. The minimum atomic E-state index is -4.69. The fourth-order valence-corrected chi connectivity index (χ4v) is 1.37. The highest BCUT2D eigenvalue weighted by Gasteiger charge is 2.41. The molecule has 0 spiro atoms. The smallest absolute Gasteiger partial charge is 0.382 e. The lowest BCUT2D eigenvalue weighted by atomic mass is 10.0. The van der Waals surface area contributed by atoms with Gasteiger partial charge in [-0.05, 0) is 24.1 Å². The highest BCUT2D eigenvalue weighted by Crippen LogP contribution is 2.23. The van der Waals surface area contributed by atoms with Crippen LogP contribution in [0, 0.1) is 0 Å². The Bertz CT molecular complexity index is 339. The zero-order valence-electron chi connectivity index (χ0n) is 8.21. The van der Waals surface area contributed by atoms with Crippen molar-refractivity contribution in [1.29, 1.82) is 0 Å². The van der Waals surface area contributed by atoms with Gasteiger partial charge in [-0.2, -0.15) is 13.2 Å². The highest BCUT2D eigenvalue weighted by molar-refractivity contribution is 6.30. The van der Waals surface area contributed by atoms with Crippen LogP contribution < -0.4 is 5.73 Å². The molecule has 0 amide bonds. The number of aliphatic hydroxyl groups is 1. The van der Waals surface area contributed by atoms with Crippen molar-refractivity contribution in [3.63, 3.8) is 0 Å². The van der Waals surface area contributed by atoms with Crippen LogP contribution in [0.4, 0.5) is 13.2 Å². The van der Waals surface area contributed by atoms with Crippen molar-refractivity contribution in [3.8, 4) is 0 Å². The molecule has 90 valence electrons. The Morgan fingerprint density at radius 2 is 1.75 bits per heavy atom. The first-order chi connectivity index (χ1) is 7.30. The van der Waals surface area contributed by atoms with Crippen molar-refractivity contribution in [3.05, 3.63) is 34.9 Å². The lowest BCUT2D eigenvalue weighted by Gasteiger charge is -2.21. The average Bonchev–Trinajstić information content (AvgIpc) is 2.19. The molecule has 0 aromatic heterocycles. The second kappa shape index (κ2) is 5.03. The number of rotatable bonds is 3. The van der Waals surface area contributed by atoms with Crippen molar-refractivity contribution < 1.29 is 18.3 Å². The summed E-state index contributed by atoms with van der Waals surface area (Å²) in [4.78, 5) is 0. The quantitative estimate of drug-likeness (QED) is 0.867. The molecule has 0 fully saturated rings. The molecule has 16 heavy (non-hydrogen) atoms. The zero-order chi connectivity index (χ0) is 12.3. The van der Waals surface area contributed by atoms with Gasteiger partial charge in [0.25, 0.3) is 0 Å². The lowest BCUT2D eigenvalue weighted by molar-refractivity contribution is -0.209. The van der Waals surface area contributed by atoms with Crippen LogP contribution in [0.5, 0.6) is 0 Å². The molecule has 0 aliphatic rings. The Kier molecular flexibility index (Phi) is 4.18. The topological polar surface area (TPSA) is 46.2 Å². The van der Waals surface area contributed by atoms with E-state index >= 15 is 0 Å². The molecule has 1 aromatic carbocycles. The molecule has 0 heterocycles. The predicted molar refractivity (Wildman–Crippen MR) is 55.2 cm³/mol. The van der Waals surface area contributed by atoms with E-state index in [0.717, 1.165) is 0 Å². The second-order valence-corrected chi connectivity index (χ2v) is 3.92. The molecule has 0 saturated heterocycles. The minimum Gasteiger partial charge on any atom is -0.382 e. The van der Waals surface area contributed by atoms with Crippen LogP contribution in [0.2, 0.25) is 5.02 Å². The molecular weight excluding hydrogens is 243 g/mol. The molecule has 1 rings (SSSR count). The molecule has 0 aliphatic carbocycles. The van der Waals surface area contributed by atoms with Crippen LogP contribution in [0.25, 0.3) is 0 Å². The van der Waals surface area contributed by atoms with Gasteiger partial charge in [0, 0.05) is 11.1 Å². The summed E-state index contributed by atoms with van der Waals surface area (Å²) < 4.78 is 36.3. The maximum Gasteiger partial charge on any atom is 0.415 e. The van der Waals surface area contributed by atoms with Crippen LogP contribution in [-0.4, -0.2) is 23.4 Å². The van der Waals surface area contributed by atoms with Crippen molar-refractivity contribution >= 4 is 11.6 Å². The summed E-state index contributed by atoms with van der Waals surface area (Å²) >= 11 is 5.62. The Morgan fingerprint density at radius 1 is 1.25 bits per heavy atom. The first-order valence-corrected chi connectivity index (χ1v) is 4.93. The van der Waals surface area contributed by atoms with Gasteiger partial charge in [0.15, 0.2) is 6.10 Å². The molecule has 1 aromatic rings. The number of hydrogen-bond donors (Lipinski definition) is 2. The number of halogens is 4. The molecule has 0 aliphatic heterocycles. The first-order valence-electron chi connectivity index (χ1n) is 4.55. The molecule has 0 unspecified atom stereocenters. The normalized spacial score (nSPS) is 15.9.